The molecule has 5 nitrogen and oxygen atoms in total. The number of carbonyl (C=O) groups is 2. The van der Waals surface area contributed by atoms with Crippen molar-refractivity contribution < 1.29 is 9.59 Å². The Morgan fingerprint density at radius 2 is 1.96 bits per heavy atom. The van der Waals surface area contributed by atoms with E-state index in [1.165, 1.54) is 0 Å². The predicted octanol–water partition coefficient (Wildman–Crippen LogP) is 2.65. The van der Waals surface area contributed by atoms with E-state index < -0.39 is 0 Å². The molecule has 24 heavy (non-hydrogen) atoms. The van der Waals surface area contributed by atoms with Gasteiger partial charge in [0.05, 0.1) is 0 Å². The predicted molar refractivity (Wildman–Crippen MR) is 94.8 cm³/mol. The normalized spacial score (nSPS) is 24.1. The highest BCUT2D eigenvalue weighted by atomic mass is 16.2. The molecule has 2 saturated heterocycles. The molecule has 3 amide bonds. The smallest absolute Gasteiger partial charge is 0.317 e. The molecule has 2 aliphatic heterocycles. The Bertz CT molecular complexity index is 602. The lowest BCUT2D eigenvalue weighted by Gasteiger charge is -2.37. The molecule has 1 N–H and O–H groups in total. The number of rotatable bonds is 3. The largest absolute Gasteiger partial charge is 0.335 e. The fourth-order valence-electron chi connectivity index (χ4n) is 3.77. The highest BCUT2D eigenvalue weighted by Crippen LogP contribution is 2.33. The van der Waals surface area contributed by atoms with Crippen molar-refractivity contribution in [2.45, 2.75) is 19.3 Å². The summed E-state index contributed by atoms with van der Waals surface area (Å²) in [4.78, 5) is 28.6. The van der Waals surface area contributed by atoms with Crippen molar-refractivity contribution in [2.75, 3.05) is 31.1 Å². The third kappa shape index (κ3) is 3.61. The number of anilines is 1. The monoisotopic (exact) mass is 327 g/mol. The van der Waals surface area contributed by atoms with Gasteiger partial charge in [-0.15, -0.1) is 6.58 Å². The van der Waals surface area contributed by atoms with Crippen LogP contribution in [0.3, 0.4) is 0 Å². The van der Waals surface area contributed by atoms with Crippen LogP contribution in [0, 0.1) is 11.8 Å². The van der Waals surface area contributed by atoms with Crippen molar-refractivity contribution in [1.82, 2.24) is 10.2 Å². The molecule has 2 aliphatic rings. The molecule has 128 valence electrons. The van der Waals surface area contributed by atoms with Gasteiger partial charge in [-0.2, -0.15) is 0 Å². The number of benzene rings is 1. The number of hydrogen-bond acceptors (Lipinski definition) is 2. The molecule has 3 rings (SSSR count). The number of para-hydroxylation sites is 1. The van der Waals surface area contributed by atoms with E-state index >= 15 is 0 Å². The van der Waals surface area contributed by atoms with Crippen LogP contribution in [-0.2, 0) is 4.79 Å². The maximum Gasteiger partial charge on any atom is 0.317 e. The van der Waals surface area contributed by atoms with Gasteiger partial charge in [0.1, 0.15) is 0 Å². The topological polar surface area (TPSA) is 52.7 Å². The molecule has 0 aromatic heterocycles. The van der Waals surface area contributed by atoms with Crippen LogP contribution in [0.15, 0.2) is 43.0 Å². The summed E-state index contributed by atoms with van der Waals surface area (Å²) in [6.07, 6.45) is 4.12. The molecular weight excluding hydrogens is 302 g/mol. The highest BCUT2D eigenvalue weighted by Gasteiger charge is 2.36. The highest BCUT2D eigenvalue weighted by molar-refractivity contribution is 5.93. The van der Waals surface area contributed by atoms with Gasteiger partial charge in [-0.3, -0.25) is 4.79 Å². The molecule has 5 heteroatoms. The Kier molecular flexibility index (Phi) is 5.18. The van der Waals surface area contributed by atoms with Gasteiger partial charge in [0.25, 0.3) is 0 Å². The number of carbonyl (C=O) groups excluding carboxylic acids is 2. The Morgan fingerprint density at radius 1 is 1.21 bits per heavy atom. The van der Waals surface area contributed by atoms with Crippen LogP contribution >= 0.6 is 0 Å². The molecule has 0 aliphatic carbocycles. The second kappa shape index (κ2) is 7.51. The second-order valence-electron chi connectivity index (χ2n) is 6.60. The summed E-state index contributed by atoms with van der Waals surface area (Å²) in [7, 11) is 0. The van der Waals surface area contributed by atoms with Crippen molar-refractivity contribution in [3.8, 4) is 0 Å². The van der Waals surface area contributed by atoms with Crippen LogP contribution < -0.4 is 10.2 Å². The van der Waals surface area contributed by atoms with Gasteiger partial charge in [0.15, 0.2) is 0 Å². The number of likely N-dealkylation sites (tertiary alicyclic amines) is 1. The first-order chi connectivity index (χ1) is 11.7. The summed E-state index contributed by atoms with van der Waals surface area (Å²) in [6.45, 7) is 6.31. The van der Waals surface area contributed by atoms with Crippen molar-refractivity contribution in [3.05, 3.63) is 43.0 Å². The fourth-order valence-corrected chi connectivity index (χ4v) is 3.77. The molecule has 0 radical (unpaired) electrons. The third-order valence-corrected chi connectivity index (χ3v) is 5.11. The van der Waals surface area contributed by atoms with E-state index in [0.29, 0.717) is 24.8 Å². The van der Waals surface area contributed by atoms with Gasteiger partial charge in [-0.25, -0.2) is 4.79 Å². The molecule has 1 aromatic rings. The Labute approximate surface area is 143 Å². The van der Waals surface area contributed by atoms with Crippen LogP contribution in [0.25, 0.3) is 0 Å². The minimum Gasteiger partial charge on any atom is -0.335 e. The van der Waals surface area contributed by atoms with Crippen LogP contribution in [0.2, 0.25) is 0 Å². The first kappa shape index (κ1) is 16.6. The number of piperidine rings is 1. The molecule has 2 atom stereocenters. The van der Waals surface area contributed by atoms with E-state index in [4.69, 9.17) is 0 Å². The van der Waals surface area contributed by atoms with Gasteiger partial charge in [-0.1, -0.05) is 24.3 Å². The minimum atomic E-state index is -0.0242. The maximum absolute atomic E-state index is 12.6. The average molecular weight is 327 g/mol. The van der Waals surface area contributed by atoms with Crippen LogP contribution in [0.1, 0.15) is 19.3 Å². The van der Waals surface area contributed by atoms with Crippen molar-refractivity contribution in [1.29, 1.82) is 0 Å². The molecule has 0 saturated carbocycles. The quantitative estimate of drug-likeness (QED) is 0.868. The number of nitrogens with one attached hydrogen (secondary N) is 1. The summed E-state index contributed by atoms with van der Waals surface area (Å²) in [5.41, 5.74) is 0.974. The molecule has 0 spiro atoms. The zero-order chi connectivity index (χ0) is 16.9. The summed E-state index contributed by atoms with van der Waals surface area (Å²) in [5, 5.41) is 2.85. The molecule has 0 bridgehead atoms. The van der Waals surface area contributed by atoms with Gasteiger partial charge >= 0.3 is 6.03 Å². The summed E-state index contributed by atoms with van der Waals surface area (Å²) in [6, 6.07) is 9.84. The summed E-state index contributed by atoms with van der Waals surface area (Å²) < 4.78 is 0. The Morgan fingerprint density at radius 3 is 2.71 bits per heavy atom. The number of nitrogens with zero attached hydrogens (tertiary/aromatic N) is 2. The molecule has 2 heterocycles. The lowest BCUT2D eigenvalue weighted by atomic mass is 9.82. The Balaban J connectivity index is 1.66. The van der Waals surface area contributed by atoms with E-state index in [1.54, 1.807) is 6.08 Å². The van der Waals surface area contributed by atoms with Gasteiger partial charge in [0, 0.05) is 38.3 Å². The van der Waals surface area contributed by atoms with Gasteiger partial charge in [0.2, 0.25) is 5.91 Å². The maximum atomic E-state index is 12.6. The standard InChI is InChI=1S/C19H25N3O2/c1-2-10-20-19(24)21-11-8-15-13-18(23)22(12-9-16(15)14-21)17-6-4-3-5-7-17/h2-7,15-16H,1,8-14H2,(H,20,24)/t15-,16-/m0/s1. The van der Waals surface area contributed by atoms with E-state index in [0.717, 1.165) is 38.2 Å². The van der Waals surface area contributed by atoms with E-state index in [9.17, 15) is 9.59 Å². The zero-order valence-corrected chi connectivity index (χ0v) is 14.0. The van der Waals surface area contributed by atoms with Crippen molar-refractivity contribution in [3.63, 3.8) is 0 Å². The number of amides is 3. The van der Waals surface area contributed by atoms with Crippen molar-refractivity contribution in [2.24, 2.45) is 11.8 Å². The molecule has 1 aromatic carbocycles. The van der Waals surface area contributed by atoms with Crippen LogP contribution in [-0.4, -0.2) is 43.0 Å². The molecular formula is C19H25N3O2. The SMILES string of the molecule is C=CCNC(=O)N1CC[C@H]2CC(=O)N(c3ccccc3)CC[C@H]2C1. The van der Waals surface area contributed by atoms with Crippen LogP contribution in [0.5, 0.6) is 0 Å². The minimum absolute atomic E-state index is 0.0242. The first-order valence-electron chi connectivity index (χ1n) is 8.68. The molecule has 0 unspecified atom stereocenters. The Hall–Kier alpha value is -2.30. The van der Waals surface area contributed by atoms with E-state index in [-0.39, 0.29) is 11.9 Å². The number of fused-ring (bicyclic) bond motifs is 1. The zero-order valence-electron chi connectivity index (χ0n) is 14.0. The average Bonchev–Trinajstić information content (AvgIpc) is 2.78. The number of hydrogen-bond donors (Lipinski definition) is 1. The van der Waals surface area contributed by atoms with Crippen molar-refractivity contribution >= 4 is 17.6 Å². The lowest BCUT2D eigenvalue weighted by molar-refractivity contribution is -0.119. The van der Waals surface area contributed by atoms with Gasteiger partial charge in [-0.05, 0) is 36.8 Å². The second-order valence-corrected chi connectivity index (χ2v) is 6.60. The summed E-state index contributed by atoms with van der Waals surface area (Å²) in [5.74, 6) is 0.985. The van der Waals surface area contributed by atoms with E-state index in [2.05, 4.69) is 11.9 Å². The van der Waals surface area contributed by atoms with Gasteiger partial charge < -0.3 is 15.1 Å². The third-order valence-electron chi connectivity index (χ3n) is 5.11. The fraction of sp³-hybridized carbons (Fsp3) is 0.474. The van der Waals surface area contributed by atoms with Crippen LogP contribution in [0.4, 0.5) is 10.5 Å². The van der Waals surface area contributed by atoms with E-state index in [1.807, 2.05) is 40.1 Å². The number of urea groups is 1. The molecule has 2 fully saturated rings. The summed E-state index contributed by atoms with van der Waals surface area (Å²) >= 11 is 0. The first-order valence-corrected chi connectivity index (χ1v) is 8.68. The lowest BCUT2D eigenvalue weighted by Crippen LogP contribution is -2.48.